The molecule has 0 atom stereocenters. The van der Waals surface area contributed by atoms with Crippen LogP contribution in [0, 0.1) is 15.9 Å². The first kappa shape index (κ1) is 14.2. The quantitative estimate of drug-likeness (QED) is 0.397. The molecule has 18 heavy (non-hydrogen) atoms. The van der Waals surface area contributed by atoms with E-state index in [1.54, 1.807) is 4.83 Å². The molecule has 98 valence electrons. The number of nitrogens with one attached hydrogen (secondary N) is 2. The molecule has 0 fully saturated rings. The van der Waals surface area contributed by atoms with Crippen LogP contribution >= 0.6 is 12.2 Å². The summed E-state index contributed by atoms with van der Waals surface area (Å²) in [5.74, 6) is -0.928. The van der Waals surface area contributed by atoms with Gasteiger partial charge in [0.25, 0.3) is 15.7 Å². The van der Waals surface area contributed by atoms with Gasteiger partial charge in [0.1, 0.15) is 5.82 Å². The van der Waals surface area contributed by atoms with Crippen LogP contribution in [0.5, 0.6) is 0 Å². The van der Waals surface area contributed by atoms with Crippen molar-refractivity contribution in [2.45, 2.75) is 4.90 Å². The van der Waals surface area contributed by atoms with E-state index in [1.165, 1.54) is 0 Å². The number of nitro benzene ring substituents is 1. The summed E-state index contributed by atoms with van der Waals surface area (Å²) in [6.45, 7) is 0. The van der Waals surface area contributed by atoms with E-state index in [1.807, 2.05) is 5.43 Å². The van der Waals surface area contributed by atoms with Crippen LogP contribution in [0.25, 0.3) is 0 Å². The molecule has 0 saturated carbocycles. The monoisotopic (exact) mass is 294 g/mol. The van der Waals surface area contributed by atoms with Crippen molar-refractivity contribution in [3.8, 4) is 0 Å². The smallest absolute Gasteiger partial charge is 0.292 e. The zero-order chi connectivity index (χ0) is 13.9. The van der Waals surface area contributed by atoms with Crippen molar-refractivity contribution in [1.82, 2.24) is 10.3 Å². The van der Waals surface area contributed by atoms with Crippen molar-refractivity contribution in [2.75, 3.05) is 0 Å². The molecule has 0 bridgehead atoms. The third-order valence-electron chi connectivity index (χ3n) is 1.72. The van der Waals surface area contributed by atoms with E-state index < -0.39 is 31.3 Å². The lowest BCUT2D eigenvalue weighted by molar-refractivity contribution is -0.388. The standard InChI is InChI=1S/C7H7FN4O4S2/c8-4-1-2-6(5(3-4)12(13)14)18(15,16)11-10-7(9)17/h1-3,11H,(H3,9,10,17). The molecular weight excluding hydrogens is 287 g/mol. The van der Waals surface area contributed by atoms with Crippen LogP contribution in [-0.4, -0.2) is 18.5 Å². The van der Waals surface area contributed by atoms with Gasteiger partial charge in [0.05, 0.1) is 11.0 Å². The number of hydrogen-bond donors (Lipinski definition) is 3. The summed E-state index contributed by atoms with van der Waals surface area (Å²) < 4.78 is 36.1. The van der Waals surface area contributed by atoms with Crippen LogP contribution in [-0.2, 0) is 10.0 Å². The van der Waals surface area contributed by atoms with Gasteiger partial charge in [-0.25, -0.2) is 12.8 Å². The van der Waals surface area contributed by atoms with Gasteiger partial charge < -0.3 is 5.73 Å². The number of rotatable bonds is 4. The van der Waals surface area contributed by atoms with E-state index in [0.29, 0.717) is 6.07 Å². The second-order valence-electron chi connectivity index (χ2n) is 2.96. The van der Waals surface area contributed by atoms with Crippen LogP contribution in [0.4, 0.5) is 10.1 Å². The van der Waals surface area contributed by atoms with E-state index >= 15 is 0 Å². The lowest BCUT2D eigenvalue weighted by Crippen LogP contribution is -2.44. The van der Waals surface area contributed by atoms with Gasteiger partial charge in [0.15, 0.2) is 10.0 Å². The van der Waals surface area contributed by atoms with E-state index in [4.69, 9.17) is 5.73 Å². The van der Waals surface area contributed by atoms with Crippen molar-refractivity contribution in [2.24, 2.45) is 5.73 Å². The van der Waals surface area contributed by atoms with Crippen molar-refractivity contribution in [3.05, 3.63) is 34.1 Å². The lowest BCUT2D eigenvalue weighted by Gasteiger charge is -2.07. The Balaban J connectivity index is 3.24. The molecule has 4 N–H and O–H groups in total. The number of halogens is 1. The van der Waals surface area contributed by atoms with Gasteiger partial charge in [-0.1, -0.05) is 0 Å². The zero-order valence-electron chi connectivity index (χ0n) is 8.58. The Morgan fingerprint density at radius 1 is 1.50 bits per heavy atom. The Kier molecular flexibility index (Phi) is 4.11. The zero-order valence-corrected chi connectivity index (χ0v) is 10.2. The lowest BCUT2D eigenvalue weighted by atomic mass is 10.3. The molecule has 8 nitrogen and oxygen atoms in total. The molecule has 1 rings (SSSR count). The van der Waals surface area contributed by atoms with Crippen LogP contribution in [0.15, 0.2) is 23.1 Å². The van der Waals surface area contributed by atoms with E-state index in [-0.39, 0.29) is 5.11 Å². The number of hydrogen-bond acceptors (Lipinski definition) is 5. The van der Waals surface area contributed by atoms with E-state index in [0.717, 1.165) is 12.1 Å². The Morgan fingerprint density at radius 3 is 2.61 bits per heavy atom. The molecule has 0 radical (unpaired) electrons. The van der Waals surface area contributed by atoms with E-state index in [9.17, 15) is 22.9 Å². The molecule has 0 aromatic heterocycles. The normalized spacial score (nSPS) is 10.9. The number of hydrazine groups is 1. The van der Waals surface area contributed by atoms with Crippen LogP contribution in [0.3, 0.4) is 0 Å². The predicted octanol–water partition coefficient (Wildman–Crippen LogP) is -0.240. The SMILES string of the molecule is NC(=S)NNS(=O)(=O)c1ccc(F)cc1[N+](=O)[O-]. The minimum absolute atomic E-state index is 0.372. The summed E-state index contributed by atoms with van der Waals surface area (Å²) in [5, 5.41) is 10.3. The van der Waals surface area contributed by atoms with Gasteiger partial charge in [0.2, 0.25) is 0 Å². The van der Waals surface area contributed by atoms with Gasteiger partial charge in [-0.2, -0.15) is 0 Å². The molecular formula is C7H7FN4O4S2. The number of thiocarbonyl (C=S) groups is 1. The predicted molar refractivity (Wildman–Crippen MR) is 63.3 cm³/mol. The molecule has 0 heterocycles. The molecule has 0 aliphatic rings. The molecule has 1 aromatic carbocycles. The Hall–Kier alpha value is -1.85. The first-order valence-corrected chi connectivity index (χ1v) is 6.14. The Bertz CT molecular complexity index is 603. The average Bonchev–Trinajstić information content (AvgIpc) is 2.26. The maximum atomic E-state index is 12.8. The second-order valence-corrected chi connectivity index (χ2v) is 5.05. The number of nitro groups is 1. The van der Waals surface area contributed by atoms with Crippen molar-refractivity contribution in [1.29, 1.82) is 0 Å². The van der Waals surface area contributed by atoms with Crippen LogP contribution in [0.2, 0.25) is 0 Å². The van der Waals surface area contributed by atoms with Crippen molar-refractivity contribution < 1.29 is 17.7 Å². The molecule has 1 aromatic rings. The largest absolute Gasteiger partial charge is 0.375 e. The third kappa shape index (κ3) is 3.32. The highest BCUT2D eigenvalue weighted by molar-refractivity contribution is 7.89. The molecule has 0 amide bonds. The summed E-state index contributed by atoms with van der Waals surface area (Å²) in [7, 11) is -4.28. The summed E-state index contributed by atoms with van der Waals surface area (Å²) >= 11 is 4.36. The fraction of sp³-hybridized carbons (Fsp3) is 0. The van der Waals surface area contributed by atoms with E-state index in [2.05, 4.69) is 12.2 Å². The minimum atomic E-state index is -4.28. The molecule has 0 spiro atoms. The molecule has 0 aliphatic carbocycles. The van der Waals surface area contributed by atoms with Gasteiger partial charge in [-0.15, -0.1) is 4.83 Å². The van der Waals surface area contributed by atoms with Crippen molar-refractivity contribution >= 4 is 33.0 Å². The summed E-state index contributed by atoms with van der Waals surface area (Å²) in [6, 6.07) is 2.04. The topological polar surface area (TPSA) is 127 Å². The summed E-state index contributed by atoms with van der Waals surface area (Å²) in [5.41, 5.74) is 6.02. The van der Waals surface area contributed by atoms with Gasteiger partial charge >= 0.3 is 0 Å². The highest BCUT2D eigenvalue weighted by Gasteiger charge is 2.26. The summed E-state index contributed by atoms with van der Waals surface area (Å²) in [6.07, 6.45) is 0. The fourth-order valence-corrected chi connectivity index (χ4v) is 2.16. The number of benzene rings is 1. The van der Waals surface area contributed by atoms with Gasteiger partial charge in [-0.05, 0) is 24.4 Å². The van der Waals surface area contributed by atoms with Gasteiger partial charge in [-0.3, -0.25) is 15.5 Å². The molecule has 0 saturated heterocycles. The minimum Gasteiger partial charge on any atom is -0.375 e. The van der Waals surface area contributed by atoms with Crippen LogP contribution < -0.4 is 16.0 Å². The van der Waals surface area contributed by atoms with Gasteiger partial charge in [0, 0.05) is 0 Å². The first-order chi connectivity index (χ1) is 8.24. The third-order valence-corrected chi connectivity index (χ3v) is 3.11. The fourth-order valence-electron chi connectivity index (χ4n) is 1.03. The van der Waals surface area contributed by atoms with Crippen LogP contribution in [0.1, 0.15) is 0 Å². The molecule has 11 heteroatoms. The summed E-state index contributed by atoms with van der Waals surface area (Å²) in [4.78, 5) is 10.6. The van der Waals surface area contributed by atoms with Crippen molar-refractivity contribution in [3.63, 3.8) is 0 Å². The maximum Gasteiger partial charge on any atom is 0.292 e. The first-order valence-electron chi connectivity index (χ1n) is 4.25. The number of sulfonamides is 1. The Morgan fingerprint density at radius 2 is 2.11 bits per heavy atom. The molecule has 0 aliphatic heterocycles. The second kappa shape index (κ2) is 5.20. The molecule has 0 unspecified atom stereocenters. The average molecular weight is 294 g/mol. The highest BCUT2D eigenvalue weighted by atomic mass is 32.2. The number of nitrogens with two attached hydrogens (primary N) is 1. The maximum absolute atomic E-state index is 12.8. The Labute approximate surface area is 106 Å². The highest BCUT2D eigenvalue weighted by Crippen LogP contribution is 2.23. The number of nitrogens with zero attached hydrogens (tertiary/aromatic N) is 1.